The molecule has 1 N–H and O–H groups in total. The molecule has 0 saturated heterocycles. The summed E-state index contributed by atoms with van der Waals surface area (Å²) in [6.45, 7) is 6.52. The van der Waals surface area contributed by atoms with Crippen molar-refractivity contribution in [3.63, 3.8) is 0 Å². The molecule has 1 atom stereocenters. The molecule has 0 bridgehead atoms. The van der Waals surface area contributed by atoms with Gasteiger partial charge in [-0.2, -0.15) is 0 Å². The van der Waals surface area contributed by atoms with Gasteiger partial charge < -0.3 is 10.0 Å². The van der Waals surface area contributed by atoms with E-state index in [2.05, 4.69) is 25.8 Å². The topological polar surface area (TPSA) is 23.5 Å². The Kier molecular flexibility index (Phi) is 5.07. The van der Waals surface area contributed by atoms with Crippen LogP contribution in [0.25, 0.3) is 0 Å². The lowest BCUT2D eigenvalue weighted by Gasteiger charge is -2.30. The van der Waals surface area contributed by atoms with E-state index in [9.17, 15) is 5.11 Å². The highest BCUT2D eigenvalue weighted by molar-refractivity contribution is 4.86. The Balaban J connectivity index is 2.25. The predicted molar refractivity (Wildman–Crippen MR) is 65.0 cm³/mol. The molecule has 0 radical (unpaired) electrons. The van der Waals surface area contributed by atoms with E-state index in [-0.39, 0.29) is 5.60 Å². The Bertz CT molecular complexity index is 175. The molecule has 90 valence electrons. The minimum Gasteiger partial charge on any atom is -0.389 e. The lowest BCUT2D eigenvalue weighted by molar-refractivity contribution is 0.0132. The van der Waals surface area contributed by atoms with Crippen LogP contribution in [0.1, 0.15) is 52.4 Å². The molecule has 0 aromatic carbocycles. The zero-order valence-electron chi connectivity index (χ0n) is 10.6. The van der Waals surface area contributed by atoms with Crippen molar-refractivity contribution >= 4 is 0 Å². The van der Waals surface area contributed by atoms with Crippen molar-refractivity contribution < 1.29 is 5.11 Å². The first kappa shape index (κ1) is 13.0. The molecule has 1 fully saturated rings. The van der Waals surface area contributed by atoms with Crippen LogP contribution in [0.4, 0.5) is 0 Å². The van der Waals surface area contributed by atoms with E-state index in [0.717, 1.165) is 31.8 Å². The van der Waals surface area contributed by atoms with E-state index in [1.54, 1.807) is 0 Å². The van der Waals surface area contributed by atoms with Gasteiger partial charge in [0.15, 0.2) is 0 Å². The van der Waals surface area contributed by atoms with Crippen LogP contribution in [-0.4, -0.2) is 35.7 Å². The highest BCUT2D eigenvalue weighted by Crippen LogP contribution is 2.30. The molecule has 1 rings (SSSR count). The average Bonchev–Trinajstić information content (AvgIpc) is 2.51. The first-order valence-electron chi connectivity index (χ1n) is 6.46. The van der Waals surface area contributed by atoms with Crippen molar-refractivity contribution in [2.24, 2.45) is 5.92 Å². The number of rotatable bonds is 6. The number of hydrogen-bond acceptors (Lipinski definition) is 2. The Hall–Kier alpha value is -0.0800. The van der Waals surface area contributed by atoms with Crippen LogP contribution in [0.3, 0.4) is 0 Å². The summed E-state index contributed by atoms with van der Waals surface area (Å²) in [5.41, 5.74) is -0.374. The van der Waals surface area contributed by atoms with Gasteiger partial charge in [0.1, 0.15) is 0 Å². The van der Waals surface area contributed by atoms with Crippen molar-refractivity contribution in [3.8, 4) is 0 Å². The molecule has 0 aromatic heterocycles. The highest BCUT2D eigenvalue weighted by atomic mass is 16.3. The van der Waals surface area contributed by atoms with Crippen molar-refractivity contribution in [2.45, 2.75) is 58.0 Å². The molecule has 0 aromatic rings. The fourth-order valence-corrected chi connectivity index (χ4v) is 2.87. The number of likely N-dealkylation sites (N-methyl/N-ethyl adjacent to an activating group) is 1. The second-order valence-electron chi connectivity index (χ2n) is 5.52. The molecule has 1 aliphatic rings. The Morgan fingerprint density at radius 2 is 1.93 bits per heavy atom. The first-order valence-corrected chi connectivity index (χ1v) is 6.46. The third kappa shape index (κ3) is 4.52. The summed E-state index contributed by atoms with van der Waals surface area (Å²) in [6.07, 6.45) is 6.96. The third-order valence-electron chi connectivity index (χ3n) is 3.50. The summed E-state index contributed by atoms with van der Waals surface area (Å²) >= 11 is 0. The summed E-state index contributed by atoms with van der Waals surface area (Å²) in [7, 11) is 2.14. The lowest BCUT2D eigenvalue weighted by atomic mass is 10.0. The van der Waals surface area contributed by atoms with Crippen LogP contribution < -0.4 is 0 Å². The maximum atomic E-state index is 10.3. The number of nitrogens with zero attached hydrogens (tertiary/aromatic N) is 1. The van der Waals surface area contributed by atoms with Gasteiger partial charge in [-0.1, -0.05) is 33.1 Å². The number of aliphatic hydroxyl groups is 1. The van der Waals surface area contributed by atoms with E-state index >= 15 is 0 Å². The summed E-state index contributed by atoms with van der Waals surface area (Å²) in [5, 5.41) is 10.3. The fourth-order valence-electron chi connectivity index (χ4n) is 2.87. The van der Waals surface area contributed by atoms with Gasteiger partial charge in [0.05, 0.1) is 5.60 Å². The minimum atomic E-state index is -0.374. The van der Waals surface area contributed by atoms with E-state index in [4.69, 9.17) is 0 Å². The van der Waals surface area contributed by atoms with Crippen molar-refractivity contribution in [3.05, 3.63) is 0 Å². The van der Waals surface area contributed by atoms with Crippen molar-refractivity contribution in [1.82, 2.24) is 4.90 Å². The van der Waals surface area contributed by atoms with E-state index in [1.165, 1.54) is 25.7 Å². The van der Waals surface area contributed by atoms with Crippen molar-refractivity contribution in [1.29, 1.82) is 0 Å². The molecule has 0 amide bonds. The Labute approximate surface area is 94.7 Å². The van der Waals surface area contributed by atoms with Gasteiger partial charge in [0, 0.05) is 13.1 Å². The quantitative estimate of drug-likeness (QED) is 0.733. The van der Waals surface area contributed by atoms with Gasteiger partial charge >= 0.3 is 0 Å². The molecule has 1 saturated carbocycles. The molecule has 0 spiro atoms. The van der Waals surface area contributed by atoms with Crippen LogP contribution >= 0.6 is 0 Å². The second kappa shape index (κ2) is 5.86. The monoisotopic (exact) mass is 213 g/mol. The van der Waals surface area contributed by atoms with Gasteiger partial charge in [0.2, 0.25) is 0 Å². The molecule has 1 aliphatic carbocycles. The van der Waals surface area contributed by atoms with Crippen molar-refractivity contribution in [2.75, 3.05) is 20.1 Å². The van der Waals surface area contributed by atoms with Gasteiger partial charge in [-0.05, 0) is 32.2 Å². The standard InChI is InChI=1S/C13H27NO/c1-4-7-12(2)10-14(3)11-13(15)8-5-6-9-13/h12,15H,4-11H2,1-3H3. The largest absolute Gasteiger partial charge is 0.389 e. The minimum absolute atomic E-state index is 0.374. The Morgan fingerprint density at radius 1 is 1.33 bits per heavy atom. The van der Waals surface area contributed by atoms with Crippen LogP contribution in [0, 0.1) is 5.92 Å². The molecule has 1 unspecified atom stereocenters. The predicted octanol–water partition coefficient (Wildman–Crippen LogP) is 2.66. The first-order chi connectivity index (χ1) is 7.06. The van der Waals surface area contributed by atoms with E-state index < -0.39 is 0 Å². The second-order valence-corrected chi connectivity index (χ2v) is 5.52. The van der Waals surface area contributed by atoms with Gasteiger partial charge in [-0.15, -0.1) is 0 Å². The normalized spacial score (nSPS) is 22.2. The van der Waals surface area contributed by atoms with Crippen LogP contribution in [0.2, 0.25) is 0 Å². The maximum absolute atomic E-state index is 10.3. The molecule has 0 aliphatic heterocycles. The van der Waals surface area contributed by atoms with Gasteiger partial charge in [-0.25, -0.2) is 0 Å². The van der Waals surface area contributed by atoms with E-state index in [0.29, 0.717) is 0 Å². The maximum Gasteiger partial charge on any atom is 0.0774 e. The van der Waals surface area contributed by atoms with Gasteiger partial charge in [-0.3, -0.25) is 0 Å². The number of hydrogen-bond donors (Lipinski definition) is 1. The lowest BCUT2D eigenvalue weighted by Crippen LogP contribution is -2.40. The summed E-state index contributed by atoms with van der Waals surface area (Å²) in [5.74, 6) is 0.755. The molecule has 2 heteroatoms. The van der Waals surface area contributed by atoms with Crippen LogP contribution in [0.15, 0.2) is 0 Å². The molecular formula is C13H27NO. The average molecular weight is 213 g/mol. The third-order valence-corrected chi connectivity index (χ3v) is 3.50. The summed E-state index contributed by atoms with van der Waals surface area (Å²) < 4.78 is 0. The molecular weight excluding hydrogens is 186 g/mol. The van der Waals surface area contributed by atoms with Gasteiger partial charge in [0.25, 0.3) is 0 Å². The SMILES string of the molecule is CCCC(C)CN(C)CC1(O)CCCC1. The smallest absolute Gasteiger partial charge is 0.0774 e. The van der Waals surface area contributed by atoms with Crippen LogP contribution in [0.5, 0.6) is 0 Å². The summed E-state index contributed by atoms with van der Waals surface area (Å²) in [4.78, 5) is 2.31. The Morgan fingerprint density at radius 3 is 2.47 bits per heavy atom. The van der Waals surface area contributed by atoms with Crippen LogP contribution in [-0.2, 0) is 0 Å². The zero-order valence-corrected chi connectivity index (χ0v) is 10.6. The van der Waals surface area contributed by atoms with E-state index in [1.807, 2.05) is 0 Å². The fraction of sp³-hybridized carbons (Fsp3) is 1.00. The molecule has 2 nitrogen and oxygen atoms in total. The zero-order chi connectivity index (χ0) is 11.3. The summed E-state index contributed by atoms with van der Waals surface area (Å²) in [6, 6.07) is 0. The molecule has 15 heavy (non-hydrogen) atoms. The highest BCUT2D eigenvalue weighted by Gasteiger charge is 2.32. The molecule has 0 heterocycles.